The molecule has 0 spiro atoms. The van der Waals surface area contributed by atoms with E-state index in [1.165, 1.54) is 16.0 Å². The van der Waals surface area contributed by atoms with Gasteiger partial charge >= 0.3 is 0 Å². The lowest BCUT2D eigenvalue weighted by atomic mass is 10.1. The van der Waals surface area contributed by atoms with Crippen molar-refractivity contribution in [2.45, 2.75) is 26.7 Å². The van der Waals surface area contributed by atoms with E-state index in [9.17, 15) is 0 Å². The van der Waals surface area contributed by atoms with E-state index in [4.69, 9.17) is 10.2 Å². The van der Waals surface area contributed by atoms with Gasteiger partial charge in [-0.25, -0.2) is 9.97 Å². The summed E-state index contributed by atoms with van der Waals surface area (Å²) in [5.41, 5.74) is 6.40. The van der Waals surface area contributed by atoms with Gasteiger partial charge in [-0.05, 0) is 37.1 Å². The highest BCUT2D eigenvalue weighted by Crippen LogP contribution is 2.30. The van der Waals surface area contributed by atoms with Gasteiger partial charge in [0.05, 0.1) is 23.7 Å². The Hall–Kier alpha value is -2.94. The van der Waals surface area contributed by atoms with Crippen LogP contribution in [0.15, 0.2) is 54.7 Å². The molecule has 146 valence electrons. The molecular weight excluding hydrogens is 400 g/mol. The van der Waals surface area contributed by atoms with E-state index in [0.29, 0.717) is 12.0 Å². The van der Waals surface area contributed by atoms with Crippen LogP contribution in [-0.4, -0.2) is 15.0 Å². The monoisotopic (exact) mass is 420 g/mol. The maximum atomic E-state index is 8.90. The van der Waals surface area contributed by atoms with Gasteiger partial charge in [0.2, 0.25) is 0 Å². The van der Waals surface area contributed by atoms with Gasteiger partial charge < -0.3 is 4.98 Å². The average Bonchev–Trinajstić information content (AvgIpc) is 3.29. The zero-order valence-electron chi connectivity index (χ0n) is 16.3. The van der Waals surface area contributed by atoms with Gasteiger partial charge in [-0.15, -0.1) is 23.7 Å². The Morgan fingerprint density at radius 2 is 1.79 bits per heavy atom. The fourth-order valence-electron chi connectivity index (χ4n) is 3.26. The van der Waals surface area contributed by atoms with Crippen molar-refractivity contribution in [3.05, 3.63) is 92.8 Å². The zero-order chi connectivity index (χ0) is 19.5. The van der Waals surface area contributed by atoms with Crippen LogP contribution in [0.25, 0.3) is 11.3 Å². The lowest BCUT2D eigenvalue weighted by Gasteiger charge is -2.02. The van der Waals surface area contributed by atoms with Crippen molar-refractivity contribution in [1.29, 1.82) is 5.26 Å². The normalized spacial score (nSPS) is 10.4. The summed E-state index contributed by atoms with van der Waals surface area (Å²) in [6.07, 6.45) is 3.35. The zero-order valence-corrected chi connectivity index (χ0v) is 17.9. The number of nitrogens with one attached hydrogen (secondary N) is 1. The number of nitrogens with zero attached hydrogens (tertiary/aromatic N) is 3. The molecule has 4 rings (SSSR count). The van der Waals surface area contributed by atoms with E-state index in [-0.39, 0.29) is 12.4 Å². The molecule has 0 aliphatic rings. The van der Waals surface area contributed by atoms with E-state index in [1.807, 2.05) is 30.5 Å². The third kappa shape index (κ3) is 4.73. The summed E-state index contributed by atoms with van der Waals surface area (Å²) in [6.45, 7) is 4.25. The molecule has 2 heterocycles. The first kappa shape index (κ1) is 20.8. The number of aromatic amines is 1. The number of hydrogen-bond acceptors (Lipinski definition) is 4. The minimum atomic E-state index is 0. The van der Waals surface area contributed by atoms with Crippen molar-refractivity contribution < 1.29 is 0 Å². The number of imidazole rings is 1. The third-order valence-corrected chi connectivity index (χ3v) is 5.69. The molecule has 1 N–H and O–H groups in total. The number of H-pyrrole nitrogens is 1. The molecule has 0 amide bonds. The van der Waals surface area contributed by atoms with Gasteiger partial charge in [0.1, 0.15) is 10.8 Å². The Morgan fingerprint density at radius 1 is 1.03 bits per heavy atom. The lowest BCUT2D eigenvalue weighted by molar-refractivity contribution is 0.988. The summed E-state index contributed by atoms with van der Waals surface area (Å²) in [5.74, 6) is 0.925. The Balaban J connectivity index is 0.00000240. The summed E-state index contributed by atoms with van der Waals surface area (Å²) in [6, 6.07) is 18.2. The van der Waals surface area contributed by atoms with Crippen molar-refractivity contribution in [3.63, 3.8) is 0 Å². The highest BCUT2D eigenvalue weighted by Gasteiger charge is 2.13. The first-order valence-corrected chi connectivity index (χ1v) is 9.98. The Morgan fingerprint density at radius 3 is 2.52 bits per heavy atom. The van der Waals surface area contributed by atoms with Crippen molar-refractivity contribution in [1.82, 2.24) is 15.0 Å². The quantitative estimate of drug-likeness (QED) is 0.455. The molecule has 4 aromatic rings. The van der Waals surface area contributed by atoms with Gasteiger partial charge in [0.25, 0.3) is 0 Å². The molecule has 0 unspecified atom stereocenters. The largest absolute Gasteiger partial charge is 0.345 e. The standard InChI is InChI=1S/C23H20N4S.ClH/c1-15-5-3-4-6-20(15)23-16(2)28-22(27-23)12-21-25-14-19(26-21)11-17-7-9-18(13-24)10-8-17;/h3-10,14H,11-12H2,1-2H3,(H,25,26);1H. The number of aromatic nitrogens is 3. The molecule has 0 aliphatic carbocycles. The van der Waals surface area contributed by atoms with Crippen LogP contribution in [0.2, 0.25) is 0 Å². The molecule has 0 atom stereocenters. The molecule has 0 bridgehead atoms. The second-order valence-corrected chi connectivity index (χ2v) is 8.13. The van der Waals surface area contributed by atoms with Gasteiger partial charge in [0.15, 0.2) is 0 Å². The molecule has 2 aromatic heterocycles. The Kier molecular flexibility index (Phi) is 6.48. The number of rotatable bonds is 5. The lowest BCUT2D eigenvalue weighted by Crippen LogP contribution is -1.93. The predicted molar refractivity (Wildman–Crippen MR) is 120 cm³/mol. The summed E-state index contributed by atoms with van der Waals surface area (Å²) in [4.78, 5) is 14.0. The first-order chi connectivity index (χ1) is 13.6. The van der Waals surface area contributed by atoms with E-state index in [1.54, 1.807) is 11.3 Å². The molecule has 4 nitrogen and oxygen atoms in total. The highest BCUT2D eigenvalue weighted by molar-refractivity contribution is 7.12. The summed E-state index contributed by atoms with van der Waals surface area (Å²) >= 11 is 1.73. The van der Waals surface area contributed by atoms with E-state index >= 15 is 0 Å². The SMILES string of the molecule is Cc1ccccc1-c1nc(Cc2ncc(Cc3ccc(C#N)cc3)[nH]2)sc1C.Cl. The highest BCUT2D eigenvalue weighted by atomic mass is 35.5. The molecule has 0 saturated carbocycles. The molecule has 6 heteroatoms. The minimum absolute atomic E-state index is 0. The van der Waals surface area contributed by atoms with E-state index in [2.05, 4.69) is 54.2 Å². The molecule has 0 radical (unpaired) electrons. The summed E-state index contributed by atoms with van der Waals surface area (Å²) in [7, 11) is 0. The number of thiazole rings is 1. The van der Waals surface area contributed by atoms with Crippen LogP contribution in [0.3, 0.4) is 0 Å². The fourth-order valence-corrected chi connectivity index (χ4v) is 4.21. The number of benzene rings is 2. The predicted octanol–water partition coefficient (Wildman–Crippen LogP) is 5.63. The topological polar surface area (TPSA) is 65.4 Å². The molecule has 0 aliphatic heterocycles. The third-order valence-electron chi connectivity index (χ3n) is 4.72. The van der Waals surface area contributed by atoms with Crippen molar-refractivity contribution in [3.8, 4) is 17.3 Å². The van der Waals surface area contributed by atoms with Crippen molar-refractivity contribution in [2.24, 2.45) is 0 Å². The Labute approximate surface area is 180 Å². The molecule has 29 heavy (non-hydrogen) atoms. The second kappa shape index (κ2) is 9.04. The van der Waals surface area contributed by atoms with Crippen molar-refractivity contribution >= 4 is 23.7 Å². The van der Waals surface area contributed by atoms with Gasteiger partial charge in [-0.3, -0.25) is 0 Å². The van der Waals surface area contributed by atoms with Crippen LogP contribution in [0.4, 0.5) is 0 Å². The van der Waals surface area contributed by atoms with Gasteiger partial charge in [-0.2, -0.15) is 5.26 Å². The van der Waals surface area contributed by atoms with Crippen molar-refractivity contribution in [2.75, 3.05) is 0 Å². The van der Waals surface area contributed by atoms with E-state index in [0.717, 1.165) is 34.2 Å². The van der Waals surface area contributed by atoms with Crippen LogP contribution < -0.4 is 0 Å². The Bertz CT molecular complexity index is 1150. The first-order valence-electron chi connectivity index (χ1n) is 9.16. The molecular formula is C23H21ClN4S. The number of aryl methyl sites for hydroxylation is 2. The molecule has 0 saturated heterocycles. The number of hydrogen-bond donors (Lipinski definition) is 1. The van der Waals surface area contributed by atoms with Crippen LogP contribution in [0.5, 0.6) is 0 Å². The average molecular weight is 421 g/mol. The van der Waals surface area contributed by atoms with Crippen LogP contribution in [0.1, 0.15) is 38.1 Å². The smallest absolute Gasteiger partial charge is 0.113 e. The fraction of sp³-hybridized carbons (Fsp3) is 0.174. The van der Waals surface area contributed by atoms with Gasteiger partial charge in [0, 0.05) is 28.8 Å². The second-order valence-electron chi connectivity index (χ2n) is 6.84. The molecule has 0 fully saturated rings. The van der Waals surface area contributed by atoms with Gasteiger partial charge in [-0.1, -0.05) is 36.4 Å². The summed E-state index contributed by atoms with van der Waals surface area (Å²) in [5, 5.41) is 9.96. The number of nitriles is 1. The maximum absolute atomic E-state index is 8.90. The van der Waals surface area contributed by atoms with Crippen LogP contribution in [0, 0.1) is 25.2 Å². The molecule has 2 aromatic carbocycles. The maximum Gasteiger partial charge on any atom is 0.113 e. The van der Waals surface area contributed by atoms with Crippen LogP contribution in [-0.2, 0) is 12.8 Å². The van der Waals surface area contributed by atoms with Crippen LogP contribution >= 0.6 is 23.7 Å². The minimum Gasteiger partial charge on any atom is -0.345 e. The summed E-state index contributed by atoms with van der Waals surface area (Å²) < 4.78 is 0. The van der Waals surface area contributed by atoms with E-state index < -0.39 is 0 Å². The number of halogens is 1.